The number of pyridine rings is 1. The maximum atomic E-state index is 12.1. The Morgan fingerprint density at radius 3 is 3.00 bits per heavy atom. The second kappa shape index (κ2) is 8.28. The van der Waals surface area contributed by atoms with E-state index in [1.165, 1.54) is 0 Å². The van der Waals surface area contributed by atoms with Gasteiger partial charge in [-0.15, -0.1) is 0 Å². The van der Waals surface area contributed by atoms with E-state index >= 15 is 0 Å². The van der Waals surface area contributed by atoms with Gasteiger partial charge in [0.15, 0.2) is 0 Å². The average Bonchev–Trinajstić information content (AvgIpc) is 3.13. The third-order valence-electron chi connectivity index (χ3n) is 4.41. The number of aromatic nitrogens is 2. The summed E-state index contributed by atoms with van der Waals surface area (Å²) in [5, 5.41) is 4.96. The Labute approximate surface area is 162 Å². The molecule has 0 aliphatic heterocycles. The number of nitrogens with zero attached hydrogens (tertiary/aromatic N) is 1. The molecule has 0 atom stereocenters. The van der Waals surface area contributed by atoms with E-state index in [1.54, 1.807) is 6.20 Å². The zero-order chi connectivity index (χ0) is 19.2. The number of ether oxygens (including phenoxy) is 1. The number of aromatic amines is 1. The van der Waals surface area contributed by atoms with E-state index in [0.717, 1.165) is 33.1 Å². The van der Waals surface area contributed by atoms with Crippen LogP contribution in [0, 0.1) is 11.8 Å². The van der Waals surface area contributed by atoms with Crippen LogP contribution in [0.5, 0.6) is 5.75 Å². The molecule has 138 valence electrons. The zero-order valence-electron chi connectivity index (χ0n) is 15.2. The van der Waals surface area contributed by atoms with Crippen LogP contribution in [0.2, 0.25) is 0 Å². The highest BCUT2D eigenvalue weighted by molar-refractivity contribution is 5.88. The SMILES string of the molecule is O=C(Cc1c[nH]c2ccccc12)NCC#CCOc1ccc2cccnc2c1. The summed E-state index contributed by atoms with van der Waals surface area (Å²) in [6.45, 7) is 0.556. The second-order valence-electron chi connectivity index (χ2n) is 6.31. The molecule has 28 heavy (non-hydrogen) atoms. The molecule has 1 amide bonds. The molecule has 2 heterocycles. The van der Waals surface area contributed by atoms with Crippen molar-refractivity contribution in [2.75, 3.05) is 13.2 Å². The van der Waals surface area contributed by atoms with Crippen molar-refractivity contribution in [2.24, 2.45) is 0 Å². The minimum Gasteiger partial charge on any atom is -0.481 e. The van der Waals surface area contributed by atoms with Gasteiger partial charge in [-0.25, -0.2) is 0 Å². The van der Waals surface area contributed by atoms with Gasteiger partial charge in [0.05, 0.1) is 18.5 Å². The van der Waals surface area contributed by atoms with Crippen molar-refractivity contribution in [1.82, 2.24) is 15.3 Å². The fraction of sp³-hybridized carbons (Fsp3) is 0.130. The molecular weight excluding hydrogens is 350 g/mol. The minimum absolute atomic E-state index is 0.0550. The molecule has 0 aliphatic carbocycles. The van der Waals surface area contributed by atoms with Crippen LogP contribution >= 0.6 is 0 Å². The number of H-pyrrole nitrogens is 1. The maximum absolute atomic E-state index is 12.1. The molecule has 0 radical (unpaired) electrons. The van der Waals surface area contributed by atoms with E-state index in [1.807, 2.05) is 60.8 Å². The number of carbonyl (C=O) groups excluding carboxylic acids is 1. The lowest BCUT2D eigenvalue weighted by atomic mass is 10.1. The van der Waals surface area contributed by atoms with Crippen LogP contribution in [-0.2, 0) is 11.2 Å². The number of fused-ring (bicyclic) bond motifs is 2. The van der Waals surface area contributed by atoms with E-state index < -0.39 is 0 Å². The fourth-order valence-electron chi connectivity index (χ4n) is 3.03. The molecule has 4 rings (SSSR count). The number of benzene rings is 2. The topological polar surface area (TPSA) is 67.0 Å². The largest absolute Gasteiger partial charge is 0.481 e. The lowest BCUT2D eigenvalue weighted by molar-refractivity contribution is -0.120. The van der Waals surface area contributed by atoms with Crippen LogP contribution in [0.25, 0.3) is 21.8 Å². The molecule has 2 aromatic heterocycles. The van der Waals surface area contributed by atoms with Crippen molar-refractivity contribution in [1.29, 1.82) is 0 Å². The molecule has 0 spiro atoms. The normalized spacial score (nSPS) is 10.4. The number of rotatable bonds is 5. The summed E-state index contributed by atoms with van der Waals surface area (Å²) in [6.07, 6.45) is 3.96. The van der Waals surface area contributed by atoms with Crippen LogP contribution < -0.4 is 10.1 Å². The molecule has 0 saturated carbocycles. The van der Waals surface area contributed by atoms with Crippen LogP contribution in [0.1, 0.15) is 5.56 Å². The molecule has 0 fully saturated rings. The number of para-hydroxylation sites is 1. The lowest BCUT2D eigenvalue weighted by Gasteiger charge is -2.03. The maximum Gasteiger partial charge on any atom is 0.225 e. The second-order valence-corrected chi connectivity index (χ2v) is 6.31. The molecule has 5 nitrogen and oxygen atoms in total. The quantitative estimate of drug-likeness (QED) is 0.530. The Morgan fingerprint density at radius 1 is 1.11 bits per heavy atom. The van der Waals surface area contributed by atoms with Gasteiger partial charge in [0.25, 0.3) is 0 Å². The summed E-state index contributed by atoms with van der Waals surface area (Å²) in [7, 11) is 0. The van der Waals surface area contributed by atoms with Gasteiger partial charge in [0, 0.05) is 34.7 Å². The van der Waals surface area contributed by atoms with Crippen LogP contribution in [-0.4, -0.2) is 29.0 Å². The predicted octanol–water partition coefficient (Wildman–Crippen LogP) is 3.46. The first-order chi connectivity index (χ1) is 13.8. The lowest BCUT2D eigenvalue weighted by Crippen LogP contribution is -2.25. The van der Waals surface area contributed by atoms with Gasteiger partial charge in [-0.05, 0) is 29.8 Å². The number of hydrogen-bond donors (Lipinski definition) is 2. The third kappa shape index (κ3) is 4.13. The zero-order valence-corrected chi connectivity index (χ0v) is 15.2. The number of nitrogens with one attached hydrogen (secondary N) is 2. The Morgan fingerprint density at radius 2 is 2.04 bits per heavy atom. The third-order valence-corrected chi connectivity index (χ3v) is 4.41. The van der Waals surface area contributed by atoms with Crippen molar-refractivity contribution >= 4 is 27.7 Å². The van der Waals surface area contributed by atoms with E-state index in [4.69, 9.17) is 4.74 Å². The van der Waals surface area contributed by atoms with Gasteiger partial charge in [0.1, 0.15) is 12.4 Å². The van der Waals surface area contributed by atoms with E-state index in [-0.39, 0.29) is 12.5 Å². The summed E-state index contributed by atoms with van der Waals surface area (Å²) in [5.74, 6) is 6.49. The Kier molecular flexibility index (Phi) is 5.21. The summed E-state index contributed by atoms with van der Waals surface area (Å²) in [6, 6.07) is 17.6. The molecule has 0 saturated heterocycles. The number of hydrogen-bond acceptors (Lipinski definition) is 3. The molecule has 2 N–H and O–H groups in total. The highest BCUT2D eigenvalue weighted by atomic mass is 16.5. The van der Waals surface area contributed by atoms with Crippen molar-refractivity contribution in [3.63, 3.8) is 0 Å². The van der Waals surface area contributed by atoms with Crippen LogP contribution in [0.4, 0.5) is 0 Å². The van der Waals surface area contributed by atoms with Crippen molar-refractivity contribution < 1.29 is 9.53 Å². The highest BCUT2D eigenvalue weighted by Crippen LogP contribution is 2.19. The summed E-state index contributed by atoms with van der Waals surface area (Å²) >= 11 is 0. The molecular formula is C23H19N3O2. The molecule has 0 aliphatic rings. The van der Waals surface area contributed by atoms with Gasteiger partial charge in [-0.3, -0.25) is 9.78 Å². The smallest absolute Gasteiger partial charge is 0.225 e. The molecule has 5 heteroatoms. The summed E-state index contributed by atoms with van der Waals surface area (Å²) in [4.78, 5) is 19.6. The van der Waals surface area contributed by atoms with Gasteiger partial charge >= 0.3 is 0 Å². The average molecular weight is 369 g/mol. The molecule has 4 aromatic rings. The van der Waals surface area contributed by atoms with Gasteiger partial charge in [-0.1, -0.05) is 36.1 Å². The van der Waals surface area contributed by atoms with Gasteiger partial charge in [0.2, 0.25) is 5.91 Å². The number of amides is 1. The Bertz CT molecular complexity index is 1180. The van der Waals surface area contributed by atoms with Gasteiger partial charge < -0.3 is 15.0 Å². The molecule has 2 aromatic carbocycles. The van der Waals surface area contributed by atoms with Crippen molar-refractivity contribution in [3.8, 4) is 17.6 Å². The first-order valence-corrected chi connectivity index (χ1v) is 9.04. The summed E-state index contributed by atoms with van der Waals surface area (Å²) < 4.78 is 5.62. The van der Waals surface area contributed by atoms with Crippen molar-refractivity contribution in [2.45, 2.75) is 6.42 Å². The van der Waals surface area contributed by atoms with E-state index in [2.05, 4.69) is 27.1 Å². The molecule has 0 bridgehead atoms. The first kappa shape index (κ1) is 17.6. The Hall–Kier alpha value is -3.78. The van der Waals surface area contributed by atoms with Crippen LogP contribution in [0.15, 0.2) is 67.0 Å². The van der Waals surface area contributed by atoms with Gasteiger partial charge in [-0.2, -0.15) is 0 Å². The fourth-order valence-corrected chi connectivity index (χ4v) is 3.03. The van der Waals surface area contributed by atoms with E-state index in [9.17, 15) is 4.79 Å². The Balaban J connectivity index is 1.24. The van der Waals surface area contributed by atoms with Crippen LogP contribution in [0.3, 0.4) is 0 Å². The predicted molar refractivity (Wildman–Crippen MR) is 110 cm³/mol. The standard InChI is InChI=1S/C23H19N3O2/c27-23(14-18-16-26-21-8-2-1-7-20(18)21)25-11-3-4-13-28-19-10-9-17-6-5-12-24-22(17)15-19/h1-2,5-10,12,15-16,26H,11,13-14H2,(H,25,27). The first-order valence-electron chi connectivity index (χ1n) is 9.04. The number of carbonyl (C=O) groups is 1. The monoisotopic (exact) mass is 369 g/mol. The summed E-state index contributed by atoms with van der Waals surface area (Å²) in [5.41, 5.74) is 2.90. The minimum atomic E-state index is -0.0550. The van der Waals surface area contributed by atoms with E-state index in [0.29, 0.717) is 13.0 Å². The molecule has 0 unspecified atom stereocenters. The highest BCUT2D eigenvalue weighted by Gasteiger charge is 2.07. The van der Waals surface area contributed by atoms with Crippen molar-refractivity contribution in [3.05, 3.63) is 72.6 Å².